The van der Waals surface area contributed by atoms with E-state index >= 15 is 0 Å². The van der Waals surface area contributed by atoms with Crippen LogP contribution in [0.25, 0.3) is 39.1 Å². The van der Waals surface area contributed by atoms with Crippen molar-refractivity contribution in [3.63, 3.8) is 0 Å². The SMILES string of the molecule is O=C(c1ccccc1)c1c(-c2ccccc2)cc(-c2ccccc2)c(-[n+]2ccccc2)c1-c1ccccc1.[O-][Cl+3]([O-])([O-])[O-]. The average Bonchev–Trinajstić information content (AvgIpc) is 3.05. The standard InChI is InChI=1S/C36H26NO.ClHO4/c38-36(30-22-12-4-13-23-30)34-31(27-16-6-1-7-17-27)26-32(28-18-8-2-9-19-28)35(37-24-14-5-15-25-37)33(34)29-20-10-3-11-21-29;2-1(3,4)5/h1-26H;(H,2,3,4,5)/q+1;/p-1. The highest BCUT2D eigenvalue weighted by molar-refractivity contribution is 6.18. The van der Waals surface area contributed by atoms with Crippen molar-refractivity contribution in [2.75, 3.05) is 0 Å². The molecule has 0 atom stereocenters. The number of pyridine rings is 1. The first-order valence-electron chi connectivity index (χ1n) is 13.4. The number of ketones is 1. The first kappa shape index (κ1) is 29.5. The minimum Gasteiger partial charge on any atom is -0.289 e. The van der Waals surface area contributed by atoms with Crippen LogP contribution in [0.15, 0.2) is 158 Å². The molecule has 212 valence electrons. The molecule has 0 bridgehead atoms. The Hall–Kier alpha value is -4.95. The molecule has 0 saturated carbocycles. The smallest absolute Gasteiger partial charge is 0.227 e. The van der Waals surface area contributed by atoms with E-state index in [-0.39, 0.29) is 5.78 Å². The van der Waals surface area contributed by atoms with E-state index < -0.39 is 10.2 Å². The fourth-order valence-electron chi connectivity index (χ4n) is 5.03. The topological polar surface area (TPSA) is 113 Å². The van der Waals surface area contributed by atoms with Gasteiger partial charge >= 0.3 is 0 Å². The number of hydrogen-bond donors (Lipinski definition) is 0. The number of carbonyl (C=O) groups excluding carboxylic acids is 1. The second-order valence-corrected chi connectivity index (χ2v) is 10.3. The van der Waals surface area contributed by atoms with Gasteiger partial charge in [-0.15, -0.1) is 10.2 Å². The average molecular weight is 588 g/mol. The maximum absolute atomic E-state index is 14.5. The third-order valence-electron chi connectivity index (χ3n) is 6.77. The van der Waals surface area contributed by atoms with Crippen LogP contribution in [-0.2, 0) is 0 Å². The molecular weight excluding hydrogens is 562 g/mol. The minimum atomic E-state index is -4.94. The molecule has 43 heavy (non-hydrogen) atoms. The van der Waals surface area contributed by atoms with Crippen LogP contribution in [0.4, 0.5) is 0 Å². The third-order valence-corrected chi connectivity index (χ3v) is 6.77. The van der Waals surface area contributed by atoms with Gasteiger partial charge in [0.2, 0.25) is 5.69 Å². The summed E-state index contributed by atoms with van der Waals surface area (Å²) < 4.78 is 36.1. The lowest BCUT2D eigenvalue weighted by Gasteiger charge is -2.20. The molecule has 0 spiro atoms. The largest absolute Gasteiger partial charge is 0.289 e. The predicted molar refractivity (Wildman–Crippen MR) is 154 cm³/mol. The monoisotopic (exact) mass is 587 g/mol. The van der Waals surface area contributed by atoms with Crippen LogP contribution in [0.2, 0.25) is 0 Å². The van der Waals surface area contributed by atoms with Gasteiger partial charge in [-0.1, -0.05) is 127 Å². The zero-order valence-corrected chi connectivity index (χ0v) is 23.6. The Morgan fingerprint density at radius 2 is 0.907 bits per heavy atom. The maximum Gasteiger partial charge on any atom is 0.227 e. The highest BCUT2D eigenvalue weighted by Crippen LogP contribution is 2.42. The summed E-state index contributed by atoms with van der Waals surface area (Å²) in [6, 6.07) is 48.7. The summed E-state index contributed by atoms with van der Waals surface area (Å²) in [4.78, 5) is 14.5. The van der Waals surface area contributed by atoms with Gasteiger partial charge in [-0.3, -0.25) is 4.79 Å². The second-order valence-electron chi connectivity index (χ2n) is 9.52. The van der Waals surface area contributed by atoms with Gasteiger partial charge in [-0.25, -0.2) is 18.6 Å². The van der Waals surface area contributed by atoms with Crippen LogP contribution in [0.1, 0.15) is 15.9 Å². The Balaban J connectivity index is 0.000000682. The molecule has 0 fully saturated rings. The number of aromatic nitrogens is 1. The lowest BCUT2D eigenvalue weighted by atomic mass is 9.82. The van der Waals surface area contributed by atoms with E-state index in [0.29, 0.717) is 11.1 Å². The molecule has 0 saturated heterocycles. The van der Waals surface area contributed by atoms with Crippen molar-refractivity contribution in [3.8, 4) is 39.1 Å². The van der Waals surface area contributed by atoms with Gasteiger partial charge in [0.15, 0.2) is 18.2 Å². The van der Waals surface area contributed by atoms with Crippen molar-refractivity contribution in [1.29, 1.82) is 0 Å². The molecule has 0 unspecified atom stereocenters. The highest BCUT2D eigenvalue weighted by atomic mass is 35.7. The Morgan fingerprint density at radius 3 is 1.40 bits per heavy atom. The number of nitrogens with zero attached hydrogens (tertiary/aromatic N) is 1. The van der Waals surface area contributed by atoms with E-state index in [9.17, 15) is 4.79 Å². The molecule has 0 N–H and O–H groups in total. The van der Waals surface area contributed by atoms with Gasteiger partial charge in [-0.05, 0) is 28.3 Å². The van der Waals surface area contributed by atoms with Crippen LogP contribution in [-0.4, -0.2) is 5.78 Å². The van der Waals surface area contributed by atoms with Crippen LogP contribution in [0, 0.1) is 10.2 Å². The Morgan fingerprint density at radius 1 is 0.512 bits per heavy atom. The van der Waals surface area contributed by atoms with E-state index in [4.69, 9.17) is 18.6 Å². The summed E-state index contributed by atoms with van der Waals surface area (Å²) in [6.45, 7) is 0. The normalized spacial score (nSPS) is 10.9. The lowest BCUT2D eigenvalue weighted by Crippen LogP contribution is -2.68. The van der Waals surface area contributed by atoms with Crippen molar-refractivity contribution >= 4 is 5.78 Å². The molecule has 1 heterocycles. The maximum atomic E-state index is 14.5. The number of benzene rings is 5. The van der Waals surface area contributed by atoms with Crippen LogP contribution in [0.5, 0.6) is 0 Å². The Bertz CT molecular complexity index is 1790. The van der Waals surface area contributed by atoms with Gasteiger partial charge in [0, 0.05) is 23.3 Å². The first-order valence-corrected chi connectivity index (χ1v) is 14.6. The zero-order valence-electron chi connectivity index (χ0n) is 22.9. The molecule has 5 aromatic carbocycles. The van der Waals surface area contributed by atoms with Gasteiger partial charge in [0.25, 0.3) is 0 Å². The summed E-state index contributed by atoms with van der Waals surface area (Å²) in [5.74, 6) is 0.000647. The van der Waals surface area contributed by atoms with Crippen LogP contribution in [0.3, 0.4) is 0 Å². The summed E-state index contributed by atoms with van der Waals surface area (Å²) in [5, 5.41) is 0. The third kappa shape index (κ3) is 7.28. The first-order chi connectivity index (χ1) is 20.8. The van der Waals surface area contributed by atoms with E-state index in [0.717, 1.165) is 39.1 Å². The molecule has 0 radical (unpaired) electrons. The fraction of sp³-hybridized carbons (Fsp3) is 0. The van der Waals surface area contributed by atoms with E-state index in [1.165, 1.54) is 0 Å². The van der Waals surface area contributed by atoms with E-state index in [1.54, 1.807) is 0 Å². The van der Waals surface area contributed by atoms with Crippen molar-refractivity contribution in [3.05, 3.63) is 169 Å². The van der Waals surface area contributed by atoms with Crippen molar-refractivity contribution in [2.24, 2.45) is 0 Å². The quantitative estimate of drug-likeness (QED) is 0.219. The summed E-state index contributed by atoms with van der Waals surface area (Å²) in [7, 11) is -4.94. The highest BCUT2D eigenvalue weighted by Gasteiger charge is 2.30. The van der Waals surface area contributed by atoms with Crippen molar-refractivity contribution in [2.45, 2.75) is 0 Å². The molecular formula is C36H26ClNO5. The van der Waals surface area contributed by atoms with Crippen molar-refractivity contribution in [1.82, 2.24) is 0 Å². The Kier molecular flexibility index (Phi) is 9.17. The molecule has 7 heteroatoms. The molecule has 6 aromatic rings. The molecule has 0 amide bonds. The number of halogens is 1. The van der Waals surface area contributed by atoms with Crippen molar-refractivity contribution < 1.29 is 38.2 Å². The minimum absolute atomic E-state index is 0.000647. The molecule has 6 nitrogen and oxygen atoms in total. The predicted octanol–water partition coefficient (Wildman–Crippen LogP) is 3.44. The summed E-state index contributed by atoms with van der Waals surface area (Å²) >= 11 is 0. The summed E-state index contributed by atoms with van der Waals surface area (Å²) in [6.07, 6.45) is 4.10. The summed E-state index contributed by atoms with van der Waals surface area (Å²) in [5.41, 5.74) is 8.31. The molecule has 0 aliphatic rings. The van der Waals surface area contributed by atoms with E-state index in [2.05, 4.69) is 59.2 Å². The number of rotatable bonds is 6. The Labute approximate surface area is 251 Å². The van der Waals surface area contributed by atoms with Gasteiger partial charge in [-0.2, -0.15) is 4.57 Å². The molecule has 0 aliphatic heterocycles. The van der Waals surface area contributed by atoms with Gasteiger partial charge in [0.05, 0.1) is 11.1 Å². The molecule has 1 aromatic heterocycles. The van der Waals surface area contributed by atoms with E-state index in [1.807, 2.05) is 103 Å². The lowest BCUT2D eigenvalue weighted by molar-refractivity contribution is -2.00. The van der Waals surface area contributed by atoms with Crippen LogP contribution >= 0.6 is 0 Å². The molecule has 6 rings (SSSR count). The fourth-order valence-corrected chi connectivity index (χ4v) is 5.03. The number of hydrogen-bond acceptors (Lipinski definition) is 5. The van der Waals surface area contributed by atoms with Gasteiger partial charge in [0.1, 0.15) is 0 Å². The molecule has 0 aliphatic carbocycles. The number of carbonyl (C=O) groups is 1. The zero-order chi connectivity index (χ0) is 30.2. The second kappa shape index (κ2) is 13.4. The van der Waals surface area contributed by atoms with Gasteiger partial charge < -0.3 is 0 Å². The van der Waals surface area contributed by atoms with Crippen LogP contribution < -0.4 is 23.2 Å².